The Labute approximate surface area is 178 Å². The van der Waals surface area contributed by atoms with Crippen LogP contribution in [0.2, 0.25) is 0 Å². The second-order valence-corrected chi connectivity index (χ2v) is 7.95. The van der Waals surface area contributed by atoms with Crippen molar-refractivity contribution in [3.63, 3.8) is 0 Å². The predicted octanol–water partition coefficient (Wildman–Crippen LogP) is 3.61. The van der Waals surface area contributed by atoms with Gasteiger partial charge in [0.15, 0.2) is 5.82 Å². The molecule has 31 heavy (non-hydrogen) atoms. The molecule has 0 bridgehead atoms. The van der Waals surface area contributed by atoms with Gasteiger partial charge in [0.25, 0.3) is 0 Å². The first-order valence-electron chi connectivity index (χ1n) is 10.5. The zero-order valence-corrected chi connectivity index (χ0v) is 17.2. The average molecular weight is 420 g/mol. The summed E-state index contributed by atoms with van der Waals surface area (Å²) in [6, 6.07) is 7.93. The number of fused-ring (bicyclic) bond motifs is 2. The third-order valence-corrected chi connectivity index (χ3v) is 6.10. The monoisotopic (exact) mass is 420 g/mol. The summed E-state index contributed by atoms with van der Waals surface area (Å²) < 4.78 is 7.52. The molecule has 0 atom stereocenters. The van der Waals surface area contributed by atoms with E-state index < -0.39 is 5.97 Å². The van der Waals surface area contributed by atoms with Gasteiger partial charge >= 0.3 is 5.97 Å². The number of aliphatic carboxylic acids is 1. The highest BCUT2D eigenvalue weighted by Gasteiger charge is 2.31. The number of ether oxygens (including phenoxy) is 1. The molecule has 4 aromatic rings. The highest BCUT2D eigenvalue weighted by atomic mass is 16.5. The molecule has 1 saturated carbocycles. The zero-order valence-electron chi connectivity index (χ0n) is 17.2. The van der Waals surface area contributed by atoms with Crippen LogP contribution in [-0.4, -0.2) is 42.2 Å². The van der Waals surface area contributed by atoms with Crippen LogP contribution in [0, 0.1) is 5.92 Å². The van der Waals surface area contributed by atoms with Crippen molar-refractivity contribution in [3.8, 4) is 17.1 Å². The van der Waals surface area contributed by atoms with E-state index in [1.807, 2.05) is 31.2 Å². The molecule has 4 N–H and O–H groups in total. The van der Waals surface area contributed by atoms with Crippen LogP contribution in [0.1, 0.15) is 44.3 Å². The topological polar surface area (TPSA) is 131 Å². The minimum atomic E-state index is -0.720. The number of aromatic nitrogens is 5. The van der Waals surface area contributed by atoms with Gasteiger partial charge in [-0.1, -0.05) is 12.1 Å². The van der Waals surface area contributed by atoms with Gasteiger partial charge in [0.2, 0.25) is 0 Å². The number of benzene rings is 1. The third-order valence-electron chi connectivity index (χ3n) is 6.10. The summed E-state index contributed by atoms with van der Waals surface area (Å²) in [5.74, 6) is 1.05. The number of H-pyrrole nitrogens is 1. The van der Waals surface area contributed by atoms with Crippen LogP contribution in [-0.2, 0) is 4.79 Å². The number of nitrogen functional groups attached to an aromatic ring is 1. The van der Waals surface area contributed by atoms with Crippen molar-refractivity contribution in [2.24, 2.45) is 5.92 Å². The van der Waals surface area contributed by atoms with Crippen LogP contribution in [0.5, 0.6) is 5.75 Å². The molecule has 0 radical (unpaired) electrons. The van der Waals surface area contributed by atoms with Crippen LogP contribution in [0.15, 0.2) is 30.6 Å². The minimum Gasteiger partial charge on any atom is -0.492 e. The molecular formula is C22H24N6O3. The Hall–Kier alpha value is -3.62. The molecule has 0 spiro atoms. The SMILES string of the molecule is CCOc1cccc2cc(-c3nc(C4CCC(C(=O)O)CC4)n4ncnc(N)c34)[nH]c12. The Bertz CT molecular complexity index is 1270. The van der Waals surface area contributed by atoms with Gasteiger partial charge in [0.05, 0.1) is 23.7 Å². The molecule has 0 amide bonds. The fraction of sp³-hybridized carbons (Fsp3) is 0.364. The second-order valence-electron chi connectivity index (χ2n) is 7.95. The standard InChI is InChI=1S/C22H24N6O3/c1-2-31-16-5-3-4-14-10-15(26-17(14)16)18-19-20(23)24-11-25-28(19)21(27-18)12-6-8-13(9-7-12)22(29)30/h3-5,10-13,26H,2,6-9H2,1H3,(H,29,30)(H2,23,24,25). The molecule has 0 unspecified atom stereocenters. The molecule has 3 heterocycles. The molecule has 160 valence electrons. The quantitative estimate of drug-likeness (QED) is 0.449. The zero-order chi connectivity index (χ0) is 21.5. The number of rotatable bonds is 5. The van der Waals surface area contributed by atoms with E-state index in [1.165, 1.54) is 6.33 Å². The normalized spacial score (nSPS) is 19.1. The maximum Gasteiger partial charge on any atom is 0.306 e. The lowest BCUT2D eigenvalue weighted by molar-refractivity contribution is -0.142. The molecule has 9 nitrogen and oxygen atoms in total. The molecule has 1 aliphatic rings. The third kappa shape index (κ3) is 3.26. The fourth-order valence-electron chi connectivity index (χ4n) is 4.56. The molecular weight excluding hydrogens is 396 g/mol. The predicted molar refractivity (Wildman–Crippen MR) is 116 cm³/mol. The molecule has 5 rings (SSSR count). The Balaban J connectivity index is 1.61. The molecule has 0 saturated heterocycles. The smallest absolute Gasteiger partial charge is 0.306 e. The number of imidazole rings is 1. The van der Waals surface area contributed by atoms with Crippen molar-refractivity contribution in [1.82, 2.24) is 24.6 Å². The lowest BCUT2D eigenvalue weighted by Gasteiger charge is -2.24. The van der Waals surface area contributed by atoms with Gasteiger partial charge < -0.3 is 20.6 Å². The molecule has 3 aromatic heterocycles. The molecule has 1 aliphatic carbocycles. The van der Waals surface area contributed by atoms with Crippen molar-refractivity contribution < 1.29 is 14.6 Å². The van der Waals surface area contributed by atoms with Gasteiger partial charge in [-0.25, -0.2) is 14.5 Å². The van der Waals surface area contributed by atoms with E-state index in [-0.39, 0.29) is 11.8 Å². The van der Waals surface area contributed by atoms with Gasteiger partial charge in [0, 0.05) is 11.3 Å². The number of hydrogen-bond acceptors (Lipinski definition) is 6. The highest BCUT2D eigenvalue weighted by Crippen LogP contribution is 2.39. The fourth-order valence-corrected chi connectivity index (χ4v) is 4.56. The Kier molecular flexibility index (Phi) is 4.72. The minimum absolute atomic E-state index is 0.120. The largest absolute Gasteiger partial charge is 0.492 e. The van der Waals surface area contributed by atoms with Gasteiger partial charge in [-0.05, 0) is 44.7 Å². The van der Waals surface area contributed by atoms with Crippen molar-refractivity contribution in [2.45, 2.75) is 38.5 Å². The first-order chi connectivity index (χ1) is 15.1. The van der Waals surface area contributed by atoms with Crippen LogP contribution >= 0.6 is 0 Å². The van der Waals surface area contributed by atoms with E-state index in [0.29, 0.717) is 36.5 Å². The van der Waals surface area contributed by atoms with Crippen molar-refractivity contribution >= 4 is 28.2 Å². The summed E-state index contributed by atoms with van der Waals surface area (Å²) >= 11 is 0. The van der Waals surface area contributed by atoms with Crippen LogP contribution in [0.3, 0.4) is 0 Å². The van der Waals surface area contributed by atoms with Crippen molar-refractivity contribution in [2.75, 3.05) is 12.3 Å². The Morgan fingerprint density at radius 3 is 2.87 bits per heavy atom. The molecule has 0 aliphatic heterocycles. The number of anilines is 1. The maximum atomic E-state index is 11.3. The van der Waals surface area contributed by atoms with Gasteiger partial charge in [-0.3, -0.25) is 4.79 Å². The van der Waals surface area contributed by atoms with Gasteiger partial charge in [-0.2, -0.15) is 5.10 Å². The number of carboxylic acids is 1. The number of aromatic amines is 1. The van der Waals surface area contributed by atoms with Gasteiger partial charge in [0.1, 0.15) is 29.1 Å². The van der Waals surface area contributed by atoms with Crippen LogP contribution in [0.4, 0.5) is 5.82 Å². The number of para-hydroxylation sites is 1. The van der Waals surface area contributed by atoms with Crippen molar-refractivity contribution in [3.05, 3.63) is 36.4 Å². The number of carbonyl (C=O) groups is 1. The number of hydrogen-bond donors (Lipinski definition) is 3. The summed E-state index contributed by atoms with van der Waals surface area (Å²) in [5.41, 5.74) is 9.30. The number of nitrogens with zero attached hydrogens (tertiary/aromatic N) is 4. The molecule has 1 fully saturated rings. The second kappa shape index (κ2) is 7.57. The van der Waals surface area contributed by atoms with E-state index >= 15 is 0 Å². The summed E-state index contributed by atoms with van der Waals surface area (Å²) in [4.78, 5) is 23.9. The maximum absolute atomic E-state index is 11.3. The number of nitrogens with two attached hydrogens (primary N) is 1. The first kappa shape index (κ1) is 19.3. The van der Waals surface area contributed by atoms with Crippen LogP contribution < -0.4 is 10.5 Å². The van der Waals surface area contributed by atoms with E-state index in [1.54, 1.807) is 4.52 Å². The summed E-state index contributed by atoms with van der Waals surface area (Å²) in [6.45, 7) is 2.53. The number of carboxylic acid groups (broad SMARTS) is 1. The van der Waals surface area contributed by atoms with Crippen molar-refractivity contribution in [1.29, 1.82) is 0 Å². The first-order valence-corrected chi connectivity index (χ1v) is 10.5. The van der Waals surface area contributed by atoms with E-state index in [4.69, 9.17) is 15.5 Å². The van der Waals surface area contributed by atoms with E-state index in [2.05, 4.69) is 15.1 Å². The van der Waals surface area contributed by atoms with E-state index in [9.17, 15) is 9.90 Å². The summed E-state index contributed by atoms with van der Waals surface area (Å²) in [5, 5.41) is 14.8. The average Bonchev–Trinajstić information content (AvgIpc) is 3.37. The Morgan fingerprint density at radius 1 is 1.32 bits per heavy atom. The lowest BCUT2D eigenvalue weighted by Crippen LogP contribution is -2.21. The Morgan fingerprint density at radius 2 is 2.13 bits per heavy atom. The van der Waals surface area contributed by atoms with Crippen LogP contribution in [0.25, 0.3) is 27.8 Å². The van der Waals surface area contributed by atoms with E-state index in [0.717, 1.165) is 41.0 Å². The highest BCUT2D eigenvalue weighted by molar-refractivity contribution is 5.93. The summed E-state index contributed by atoms with van der Waals surface area (Å²) in [6.07, 6.45) is 4.20. The van der Waals surface area contributed by atoms with Gasteiger partial charge in [-0.15, -0.1) is 0 Å². The summed E-state index contributed by atoms with van der Waals surface area (Å²) in [7, 11) is 0. The number of nitrogens with one attached hydrogen (secondary N) is 1. The lowest BCUT2D eigenvalue weighted by atomic mass is 9.82. The molecule has 1 aromatic carbocycles. The molecule has 9 heteroatoms.